The number of hydrogen-bond donors (Lipinski definition) is 11. The molecule has 19 heteroatoms. The molecule has 0 saturated carbocycles. The van der Waals surface area contributed by atoms with Crippen molar-refractivity contribution in [3.63, 3.8) is 0 Å². The number of aromatic amines is 1. The van der Waals surface area contributed by atoms with E-state index in [4.69, 9.17) is 17.2 Å². The Kier molecular flexibility index (Phi) is 21.4. The normalized spacial score (nSPS) is 14.1. The van der Waals surface area contributed by atoms with Gasteiger partial charge < -0.3 is 59.2 Å². The quantitative estimate of drug-likeness (QED) is 0.0292. The van der Waals surface area contributed by atoms with Crippen molar-refractivity contribution >= 4 is 58.3 Å². The Morgan fingerprint density at radius 2 is 1.15 bits per heavy atom. The Morgan fingerprint density at radius 1 is 0.631 bits per heavy atom. The Labute approximate surface area is 380 Å². The Balaban J connectivity index is 1.80. The van der Waals surface area contributed by atoms with Gasteiger partial charge in [-0.25, -0.2) is 4.79 Å². The molecule has 0 aliphatic rings. The summed E-state index contributed by atoms with van der Waals surface area (Å²) < 4.78 is 0. The summed E-state index contributed by atoms with van der Waals surface area (Å²) in [4.78, 5) is 101. The lowest BCUT2D eigenvalue weighted by molar-refractivity contribution is -0.142. The minimum Gasteiger partial charge on any atom is -0.480 e. The Hall–Kier alpha value is -6.50. The van der Waals surface area contributed by atoms with Gasteiger partial charge in [0.15, 0.2) is 5.96 Å². The largest absolute Gasteiger partial charge is 0.480 e. The first-order chi connectivity index (χ1) is 30.7. The average molecular weight is 904 g/mol. The lowest BCUT2D eigenvalue weighted by atomic mass is 10.00. The Bertz CT molecular complexity index is 2080. The van der Waals surface area contributed by atoms with Crippen molar-refractivity contribution in [1.82, 2.24) is 36.9 Å². The van der Waals surface area contributed by atoms with Crippen molar-refractivity contribution in [3.8, 4) is 0 Å². The highest BCUT2D eigenvalue weighted by molar-refractivity contribution is 5.96. The van der Waals surface area contributed by atoms with E-state index in [0.717, 1.165) is 16.5 Å². The molecule has 19 nitrogen and oxygen atoms in total. The Morgan fingerprint density at radius 3 is 1.77 bits per heavy atom. The summed E-state index contributed by atoms with van der Waals surface area (Å²) in [6, 6.07) is 9.76. The van der Waals surface area contributed by atoms with E-state index < -0.39 is 84.2 Å². The van der Waals surface area contributed by atoms with E-state index in [1.807, 2.05) is 96.1 Å². The van der Waals surface area contributed by atoms with Crippen molar-refractivity contribution in [1.29, 1.82) is 0 Å². The summed E-state index contributed by atoms with van der Waals surface area (Å²) in [6.45, 7) is 10.7. The van der Waals surface area contributed by atoms with Crippen molar-refractivity contribution in [2.24, 2.45) is 39.9 Å². The highest BCUT2D eigenvalue weighted by atomic mass is 16.4. The lowest BCUT2D eigenvalue weighted by Crippen LogP contribution is -2.59. The van der Waals surface area contributed by atoms with Crippen LogP contribution in [0.4, 0.5) is 0 Å². The molecule has 0 aliphatic heterocycles. The number of aliphatic imine (C=N–C) groups is 1. The maximum atomic E-state index is 14.2. The topological polar surface area (TPSA) is 318 Å². The molecule has 3 rings (SSSR count). The van der Waals surface area contributed by atoms with E-state index in [2.05, 4.69) is 41.9 Å². The van der Waals surface area contributed by atoms with Gasteiger partial charge in [-0.3, -0.25) is 33.8 Å². The molecule has 1 heterocycles. The molecule has 0 radical (unpaired) electrons. The number of hydrogen-bond acceptors (Lipinski definition) is 9. The van der Waals surface area contributed by atoms with Crippen LogP contribution in [0, 0.1) is 17.8 Å². The van der Waals surface area contributed by atoms with Crippen LogP contribution in [0.1, 0.15) is 84.8 Å². The van der Waals surface area contributed by atoms with Crippen LogP contribution in [0.3, 0.4) is 0 Å². The van der Waals surface area contributed by atoms with Crippen LogP contribution >= 0.6 is 0 Å². The van der Waals surface area contributed by atoms with Gasteiger partial charge in [0.2, 0.25) is 35.4 Å². The molecule has 14 N–H and O–H groups in total. The van der Waals surface area contributed by atoms with Crippen molar-refractivity contribution in [2.45, 2.75) is 123 Å². The van der Waals surface area contributed by atoms with E-state index in [0.29, 0.717) is 5.56 Å². The molecule has 0 fully saturated rings. The fourth-order valence-electron chi connectivity index (χ4n) is 7.19. The van der Waals surface area contributed by atoms with Crippen LogP contribution in [0.15, 0.2) is 65.8 Å². The molecule has 6 atom stereocenters. The van der Waals surface area contributed by atoms with Crippen LogP contribution in [0.5, 0.6) is 0 Å². The highest BCUT2D eigenvalue weighted by Crippen LogP contribution is 2.20. The first-order valence-electron chi connectivity index (χ1n) is 22.1. The number of carboxylic acid groups (broad SMARTS) is 1. The smallest absolute Gasteiger partial charge is 0.326 e. The summed E-state index contributed by atoms with van der Waals surface area (Å²) in [5.74, 6) is -5.61. The molecule has 0 spiro atoms. The molecule has 3 aromatic rings. The number of nitrogens with zero attached hydrogens (tertiary/aromatic N) is 1. The van der Waals surface area contributed by atoms with Crippen LogP contribution < -0.4 is 49.1 Å². The number of aliphatic carboxylic acids is 1. The second-order valence-electron chi connectivity index (χ2n) is 17.6. The number of carbonyl (C=O) groups excluding carboxylic acids is 6. The van der Waals surface area contributed by atoms with E-state index in [1.165, 1.54) is 0 Å². The summed E-state index contributed by atoms with van der Waals surface area (Å²) >= 11 is 0. The molecule has 6 amide bonds. The molecule has 0 bridgehead atoms. The summed E-state index contributed by atoms with van der Waals surface area (Å²) in [6.07, 6.45) is 2.74. The number of aromatic nitrogens is 1. The average Bonchev–Trinajstić information content (AvgIpc) is 3.64. The number of para-hydroxylation sites is 1. The summed E-state index contributed by atoms with van der Waals surface area (Å²) in [5.41, 5.74) is 19.5. The van der Waals surface area contributed by atoms with Crippen LogP contribution in [0.2, 0.25) is 0 Å². The van der Waals surface area contributed by atoms with Crippen LogP contribution in [-0.4, -0.2) is 107 Å². The van der Waals surface area contributed by atoms with E-state index in [-0.39, 0.29) is 75.2 Å². The lowest BCUT2D eigenvalue weighted by Gasteiger charge is -2.27. The fraction of sp³-hybridized carbons (Fsp3) is 0.522. The van der Waals surface area contributed by atoms with Gasteiger partial charge in [-0.2, -0.15) is 0 Å². The summed E-state index contributed by atoms with van der Waals surface area (Å²) in [7, 11) is 0. The van der Waals surface area contributed by atoms with Crippen molar-refractivity contribution in [2.75, 3.05) is 13.1 Å². The first-order valence-corrected chi connectivity index (χ1v) is 22.1. The third-order valence-corrected chi connectivity index (χ3v) is 10.4. The predicted molar refractivity (Wildman–Crippen MR) is 249 cm³/mol. The van der Waals surface area contributed by atoms with Gasteiger partial charge >= 0.3 is 5.97 Å². The summed E-state index contributed by atoms with van der Waals surface area (Å²) in [5, 5.41) is 26.7. The van der Waals surface area contributed by atoms with Gasteiger partial charge in [0.1, 0.15) is 30.2 Å². The van der Waals surface area contributed by atoms with E-state index >= 15 is 0 Å². The van der Waals surface area contributed by atoms with Gasteiger partial charge in [0, 0.05) is 30.1 Å². The number of amides is 6. The van der Waals surface area contributed by atoms with E-state index in [9.17, 15) is 38.7 Å². The molecular weight excluding hydrogens is 835 g/mol. The molecule has 0 unspecified atom stereocenters. The monoisotopic (exact) mass is 904 g/mol. The van der Waals surface area contributed by atoms with Crippen molar-refractivity contribution in [3.05, 3.63) is 71.9 Å². The molecule has 1 aromatic heterocycles. The number of benzene rings is 2. The van der Waals surface area contributed by atoms with Gasteiger partial charge in [-0.15, -0.1) is 0 Å². The fourth-order valence-corrected chi connectivity index (χ4v) is 7.19. The van der Waals surface area contributed by atoms with Gasteiger partial charge in [-0.05, 0) is 73.5 Å². The zero-order chi connectivity index (χ0) is 48.2. The number of fused-ring (bicyclic) bond motifs is 1. The zero-order valence-electron chi connectivity index (χ0n) is 38.3. The third-order valence-electron chi connectivity index (χ3n) is 10.4. The number of guanidine groups is 1. The maximum absolute atomic E-state index is 14.2. The highest BCUT2D eigenvalue weighted by Gasteiger charge is 2.33. The number of carbonyl (C=O) groups is 7. The van der Waals surface area contributed by atoms with Gasteiger partial charge in [0.05, 0.1) is 12.6 Å². The molecule has 2 aromatic carbocycles. The minimum atomic E-state index is -1.27. The number of nitrogens with one attached hydrogen (secondary N) is 7. The molecule has 0 saturated heterocycles. The van der Waals surface area contributed by atoms with Gasteiger partial charge in [-0.1, -0.05) is 90.1 Å². The minimum absolute atomic E-state index is 0.00123. The molecular formula is C46H69N11O8. The number of carboxylic acids is 1. The van der Waals surface area contributed by atoms with Crippen LogP contribution in [0.25, 0.3) is 10.9 Å². The van der Waals surface area contributed by atoms with Crippen LogP contribution in [-0.2, 0) is 46.4 Å². The number of rotatable bonds is 27. The molecule has 0 aliphatic carbocycles. The standard InChI is InChI=1S/C46H69N11O8/c1-26(2)19-35(55-40(59)32(47)22-29-13-8-7-9-14-29)41(60)52-25-39(58)53-36(20-27(3)4)43(62)54-34(17-12-18-50-46(48)49)42(61)56-37(44(63)57-38(45(64)65)21-28(5)6)23-30-24-51-33-16-11-10-15-31(30)33/h7-11,13-16,24,26-28,32,34-38,51H,12,17-23,25,47H2,1-6H3,(H,52,60)(H,53,58)(H,54,62)(H,55,59)(H,56,61)(H,57,63)(H,64,65)(H4,48,49,50)/t32-,34-,35-,36-,37-,38-/m0/s1. The third kappa shape index (κ3) is 18.6. The SMILES string of the molecule is CC(C)C[C@H](NC(=O)[C@H](Cc1c[nH]c2ccccc12)NC(=O)[C@H](CCCN=C(N)N)NC(=O)[C@H](CC(C)C)NC(=O)CNC(=O)[C@H](CC(C)C)NC(=O)[C@@H](N)Cc1ccccc1)C(=O)O. The maximum Gasteiger partial charge on any atom is 0.326 e. The number of H-pyrrole nitrogens is 1. The van der Waals surface area contributed by atoms with E-state index in [1.54, 1.807) is 6.20 Å². The molecule has 356 valence electrons. The second kappa shape index (κ2) is 26.3. The van der Waals surface area contributed by atoms with Crippen molar-refractivity contribution < 1.29 is 38.7 Å². The molecule has 65 heavy (non-hydrogen) atoms. The zero-order valence-corrected chi connectivity index (χ0v) is 38.3. The number of nitrogens with two attached hydrogens (primary N) is 3. The second-order valence-corrected chi connectivity index (χ2v) is 17.6. The van der Waals surface area contributed by atoms with Gasteiger partial charge in [0.25, 0.3) is 0 Å². The first kappa shape index (κ1) is 52.8. The predicted octanol–water partition coefficient (Wildman–Crippen LogP) is 1.10.